The van der Waals surface area contributed by atoms with E-state index in [4.69, 9.17) is 4.52 Å². The number of hydrogen-bond donors (Lipinski definition) is 1. The summed E-state index contributed by atoms with van der Waals surface area (Å²) in [6.07, 6.45) is 1.01. The van der Waals surface area contributed by atoms with Crippen LogP contribution in [0.1, 0.15) is 18.1 Å². The molecule has 0 atom stereocenters. The van der Waals surface area contributed by atoms with Gasteiger partial charge in [0.1, 0.15) is 5.69 Å². The molecule has 0 saturated heterocycles. The lowest BCUT2D eigenvalue weighted by Gasteiger charge is -2.00. The number of aromatic nitrogens is 1. The molecule has 3 nitrogen and oxygen atoms in total. The van der Waals surface area contributed by atoms with Gasteiger partial charge in [0, 0.05) is 5.56 Å². The van der Waals surface area contributed by atoms with Crippen LogP contribution in [0, 0.1) is 0 Å². The topological polar surface area (TPSA) is 46.3 Å². The maximum absolute atomic E-state index is 9.22. The van der Waals surface area contributed by atoms with Crippen molar-refractivity contribution in [3.8, 4) is 11.3 Å². The molecule has 1 N–H and O–H groups in total. The Morgan fingerprint density at radius 3 is 2.56 bits per heavy atom. The average Bonchev–Trinajstić information content (AvgIpc) is 2.70. The molecule has 0 saturated carbocycles. The Kier molecular flexibility index (Phi) is 3.41. The Hall–Kier alpha value is -1.13. The highest BCUT2D eigenvalue weighted by Crippen LogP contribution is 2.28. The van der Waals surface area contributed by atoms with Gasteiger partial charge in [-0.3, -0.25) is 0 Å². The fourth-order valence-electron chi connectivity index (χ4n) is 1.55. The highest BCUT2D eigenvalue weighted by molar-refractivity contribution is 9.10. The SMILES string of the molecule is CCc1ccc(-c2noc(Br)c2CO)cc1. The third-order valence-electron chi connectivity index (χ3n) is 2.53. The maximum atomic E-state index is 9.22. The van der Waals surface area contributed by atoms with E-state index < -0.39 is 0 Å². The molecular formula is C12H12BrNO2. The minimum Gasteiger partial charge on any atom is -0.391 e. The standard InChI is InChI=1S/C12H12BrNO2/c1-2-8-3-5-9(6-4-8)11-10(7-15)12(13)16-14-11/h3-6,15H,2,7H2,1H3. The average molecular weight is 282 g/mol. The van der Waals surface area contributed by atoms with Crippen LogP contribution in [0.5, 0.6) is 0 Å². The zero-order valence-electron chi connectivity index (χ0n) is 8.90. The summed E-state index contributed by atoms with van der Waals surface area (Å²) in [5, 5.41) is 13.2. The van der Waals surface area contributed by atoms with Gasteiger partial charge in [-0.1, -0.05) is 36.3 Å². The molecule has 0 fully saturated rings. The van der Waals surface area contributed by atoms with Crippen molar-refractivity contribution < 1.29 is 9.63 Å². The van der Waals surface area contributed by atoms with Crippen molar-refractivity contribution in [2.75, 3.05) is 0 Å². The summed E-state index contributed by atoms with van der Waals surface area (Å²) < 4.78 is 5.49. The second-order valence-electron chi connectivity index (χ2n) is 3.49. The number of rotatable bonds is 3. The van der Waals surface area contributed by atoms with Crippen LogP contribution in [0.2, 0.25) is 0 Å². The van der Waals surface area contributed by atoms with Crippen molar-refractivity contribution in [1.29, 1.82) is 0 Å². The molecule has 2 rings (SSSR count). The molecule has 16 heavy (non-hydrogen) atoms. The Balaban J connectivity index is 2.42. The Morgan fingerprint density at radius 2 is 2.00 bits per heavy atom. The number of aliphatic hydroxyl groups is 1. The monoisotopic (exact) mass is 281 g/mol. The molecule has 0 spiro atoms. The van der Waals surface area contributed by atoms with Gasteiger partial charge in [-0.2, -0.15) is 0 Å². The minimum atomic E-state index is -0.0883. The summed E-state index contributed by atoms with van der Waals surface area (Å²) in [7, 11) is 0. The van der Waals surface area contributed by atoms with E-state index in [0.29, 0.717) is 15.9 Å². The third kappa shape index (κ3) is 2.03. The van der Waals surface area contributed by atoms with E-state index in [2.05, 4.69) is 40.1 Å². The van der Waals surface area contributed by atoms with E-state index in [1.807, 2.05) is 12.1 Å². The number of halogens is 1. The first-order valence-electron chi connectivity index (χ1n) is 5.10. The molecule has 0 unspecified atom stereocenters. The minimum absolute atomic E-state index is 0.0883. The predicted molar refractivity (Wildman–Crippen MR) is 64.9 cm³/mol. The van der Waals surface area contributed by atoms with Crippen molar-refractivity contribution in [3.05, 3.63) is 40.1 Å². The second-order valence-corrected chi connectivity index (χ2v) is 4.21. The Bertz CT molecular complexity index is 476. The van der Waals surface area contributed by atoms with Gasteiger partial charge >= 0.3 is 0 Å². The van der Waals surface area contributed by atoms with E-state index in [9.17, 15) is 5.11 Å². The van der Waals surface area contributed by atoms with Crippen LogP contribution in [0.25, 0.3) is 11.3 Å². The van der Waals surface area contributed by atoms with E-state index in [0.717, 1.165) is 12.0 Å². The Labute approximate surface area is 102 Å². The van der Waals surface area contributed by atoms with Crippen LogP contribution in [0.4, 0.5) is 0 Å². The molecule has 0 aliphatic heterocycles. The molecule has 2 aromatic rings. The first-order chi connectivity index (χ1) is 7.76. The lowest BCUT2D eigenvalue weighted by Crippen LogP contribution is -1.87. The second kappa shape index (κ2) is 4.80. The molecule has 4 heteroatoms. The number of benzene rings is 1. The number of aliphatic hydroxyl groups excluding tert-OH is 1. The van der Waals surface area contributed by atoms with Crippen molar-refractivity contribution in [2.45, 2.75) is 20.0 Å². The molecule has 84 valence electrons. The summed E-state index contributed by atoms with van der Waals surface area (Å²) in [4.78, 5) is 0. The van der Waals surface area contributed by atoms with Gasteiger partial charge in [0.2, 0.25) is 4.67 Å². The number of aryl methyl sites for hydroxylation is 1. The zero-order valence-corrected chi connectivity index (χ0v) is 10.5. The summed E-state index contributed by atoms with van der Waals surface area (Å²) in [5.41, 5.74) is 3.61. The van der Waals surface area contributed by atoms with Gasteiger partial charge in [0.15, 0.2) is 0 Å². The molecule has 1 heterocycles. The number of nitrogens with zero attached hydrogens (tertiary/aromatic N) is 1. The normalized spacial score (nSPS) is 10.7. The van der Waals surface area contributed by atoms with Crippen LogP contribution in [0.15, 0.2) is 33.5 Å². The fourth-order valence-corrected chi connectivity index (χ4v) is 1.94. The summed E-state index contributed by atoms with van der Waals surface area (Å²) in [6, 6.07) is 8.09. The molecule has 0 radical (unpaired) electrons. The van der Waals surface area contributed by atoms with E-state index >= 15 is 0 Å². The van der Waals surface area contributed by atoms with Crippen molar-refractivity contribution >= 4 is 15.9 Å². The highest BCUT2D eigenvalue weighted by atomic mass is 79.9. The Morgan fingerprint density at radius 1 is 1.31 bits per heavy atom. The molecule has 1 aromatic heterocycles. The van der Waals surface area contributed by atoms with Crippen LogP contribution in [-0.4, -0.2) is 10.3 Å². The van der Waals surface area contributed by atoms with Gasteiger partial charge in [-0.15, -0.1) is 0 Å². The summed E-state index contributed by atoms with van der Waals surface area (Å²) in [6.45, 7) is 2.02. The van der Waals surface area contributed by atoms with Gasteiger partial charge in [-0.25, -0.2) is 0 Å². The molecule has 0 aliphatic rings. The third-order valence-corrected chi connectivity index (χ3v) is 3.16. The van der Waals surface area contributed by atoms with Gasteiger partial charge < -0.3 is 9.63 Å². The fraction of sp³-hybridized carbons (Fsp3) is 0.250. The predicted octanol–water partition coefficient (Wildman–Crippen LogP) is 3.16. The van der Waals surface area contributed by atoms with E-state index in [1.165, 1.54) is 5.56 Å². The molecule has 0 bridgehead atoms. The van der Waals surface area contributed by atoms with Gasteiger partial charge in [0.05, 0.1) is 12.2 Å². The number of hydrogen-bond acceptors (Lipinski definition) is 3. The highest BCUT2D eigenvalue weighted by Gasteiger charge is 2.14. The first kappa shape index (κ1) is 11.4. The van der Waals surface area contributed by atoms with Crippen molar-refractivity contribution in [3.63, 3.8) is 0 Å². The first-order valence-corrected chi connectivity index (χ1v) is 5.89. The maximum Gasteiger partial charge on any atom is 0.208 e. The van der Waals surface area contributed by atoms with Gasteiger partial charge in [0.25, 0.3) is 0 Å². The summed E-state index contributed by atoms with van der Waals surface area (Å²) in [5.74, 6) is 0. The molecule has 0 aliphatic carbocycles. The van der Waals surface area contributed by atoms with Crippen LogP contribution >= 0.6 is 15.9 Å². The van der Waals surface area contributed by atoms with E-state index in [1.54, 1.807) is 0 Å². The molecular weight excluding hydrogens is 270 g/mol. The largest absolute Gasteiger partial charge is 0.391 e. The smallest absolute Gasteiger partial charge is 0.208 e. The van der Waals surface area contributed by atoms with E-state index in [-0.39, 0.29) is 6.61 Å². The van der Waals surface area contributed by atoms with Crippen molar-refractivity contribution in [1.82, 2.24) is 5.16 Å². The quantitative estimate of drug-likeness (QED) is 0.940. The van der Waals surface area contributed by atoms with Crippen LogP contribution in [-0.2, 0) is 13.0 Å². The summed E-state index contributed by atoms with van der Waals surface area (Å²) >= 11 is 3.21. The zero-order chi connectivity index (χ0) is 11.5. The van der Waals surface area contributed by atoms with Gasteiger partial charge in [-0.05, 0) is 27.9 Å². The van der Waals surface area contributed by atoms with Crippen molar-refractivity contribution in [2.24, 2.45) is 0 Å². The van der Waals surface area contributed by atoms with Crippen LogP contribution < -0.4 is 0 Å². The van der Waals surface area contributed by atoms with Crippen LogP contribution in [0.3, 0.4) is 0 Å². The lowest BCUT2D eigenvalue weighted by molar-refractivity contribution is 0.278. The molecule has 1 aromatic carbocycles. The lowest BCUT2D eigenvalue weighted by atomic mass is 10.1. The molecule has 0 amide bonds.